The summed E-state index contributed by atoms with van der Waals surface area (Å²) in [6.45, 7) is 3.60. The molecule has 0 spiro atoms. The zero-order valence-corrected chi connectivity index (χ0v) is 18.8. The summed E-state index contributed by atoms with van der Waals surface area (Å²) in [7, 11) is -4.01. The van der Waals surface area contributed by atoms with Gasteiger partial charge in [-0.1, -0.05) is 30.3 Å². The summed E-state index contributed by atoms with van der Waals surface area (Å²) in [4.78, 5) is 13.4. The molecule has 2 N–H and O–H groups in total. The lowest BCUT2D eigenvalue weighted by Gasteiger charge is -2.09. The van der Waals surface area contributed by atoms with Crippen molar-refractivity contribution in [2.75, 3.05) is 5.73 Å². The van der Waals surface area contributed by atoms with Gasteiger partial charge in [0.1, 0.15) is 16.2 Å². The molecule has 2 aromatic carbocycles. The van der Waals surface area contributed by atoms with Crippen LogP contribution < -0.4 is 5.73 Å². The van der Waals surface area contributed by atoms with Crippen LogP contribution in [0.1, 0.15) is 16.7 Å². The van der Waals surface area contributed by atoms with E-state index in [-0.39, 0.29) is 26.8 Å². The molecule has 9 heteroatoms. The smallest absolute Gasteiger partial charge is 0.212 e. The van der Waals surface area contributed by atoms with Crippen molar-refractivity contribution in [1.82, 2.24) is 19.6 Å². The van der Waals surface area contributed by atoms with Crippen molar-refractivity contribution in [2.45, 2.75) is 23.6 Å². The zero-order chi connectivity index (χ0) is 23.2. The molecule has 33 heavy (non-hydrogen) atoms. The average Bonchev–Trinajstić information content (AvgIpc) is 3.09. The lowest BCUT2D eigenvalue weighted by atomic mass is 10.2. The zero-order valence-electron chi connectivity index (χ0n) is 18.0. The summed E-state index contributed by atoms with van der Waals surface area (Å²) < 4.78 is 29.0. The molecule has 3 aromatic heterocycles. The van der Waals surface area contributed by atoms with Gasteiger partial charge in [0.25, 0.3) is 0 Å². The first kappa shape index (κ1) is 20.8. The fourth-order valence-corrected chi connectivity index (χ4v) is 5.49. The fourth-order valence-electron chi connectivity index (χ4n) is 3.69. The van der Waals surface area contributed by atoms with E-state index in [0.717, 1.165) is 11.1 Å². The number of rotatable bonds is 4. The number of nitrogens with zero attached hydrogens (tertiary/aromatic N) is 5. The Labute approximate surface area is 190 Å². The number of aromatic nitrogens is 4. The van der Waals surface area contributed by atoms with Crippen molar-refractivity contribution in [3.63, 3.8) is 0 Å². The monoisotopic (exact) mass is 456 g/mol. The summed E-state index contributed by atoms with van der Waals surface area (Å²) in [6, 6.07) is 16.1. The number of anilines is 1. The third kappa shape index (κ3) is 3.52. The quantitative estimate of drug-likeness (QED) is 0.410. The lowest BCUT2D eigenvalue weighted by molar-refractivity contribution is 0.596. The van der Waals surface area contributed by atoms with Gasteiger partial charge in [-0.05, 0) is 49.2 Å². The number of para-hydroxylation sites is 2. The minimum Gasteiger partial charge on any atom is -0.382 e. The van der Waals surface area contributed by atoms with Crippen molar-refractivity contribution in [2.24, 2.45) is 5.10 Å². The number of hydrogen-bond acceptors (Lipinski definition) is 7. The Bertz CT molecular complexity index is 1660. The molecule has 0 radical (unpaired) electrons. The molecule has 164 valence electrons. The highest BCUT2D eigenvalue weighted by molar-refractivity contribution is 7.92. The molecule has 0 aliphatic rings. The van der Waals surface area contributed by atoms with Crippen LogP contribution in [0, 0.1) is 13.8 Å². The summed E-state index contributed by atoms with van der Waals surface area (Å²) in [5.41, 5.74) is 10.2. The Hall–Kier alpha value is -4.11. The van der Waals surface area contributed by atoms with Crippen LogP contribution in [-0.4, -0.2) is 34.3 Å². The third-order valence-electron chi connectivity index (χ3n) is 5.34. The number of aryl methyl sites for hydroxylation is 2. The Balaban J connectivity index is 1.83. The molecule has 8 nitrogen and oxygen atoms in total. The molecule has 0 saturated carbocycles. The van der Waals surface area contributed by atoms with Crippen LogP contribution in [0.2, 0.25) is 0 Å². The average molecular weight is 457 g/mol. The molecule has 3 heterocycles. The third-order valence-corrected chi connectivity index (χ3v) is 7.30. The van der Waals surface area contributed by atoms with E-state index in [0.29, 0.717) is 16.6 Å². The summed E-state index contributed by atoms with van der Waals surface area (Å²) in [5, 5.41) is 4.44. The van der Waals surface area contributed by atoms with Crippen LogP contribution >= 0.6 is 0 Å². The van der Waals surface area contributed by atoms with Crippen LogP contribution in [-0.2, 0) is 9.84 Å². The van der Waals surface area contributed by atoms with Crippen LogP contribution in [0.5, 0.6) is 0 Å². The minimum absolute atomic E-state index is 0.0543. The summed E-state index contributed by atoms with van der Waals surface area (Å²) in [6.07, 6.45) is 4.84. The molecule has 0 aliphatic heterocycles. The molecular formula is C24H20N6O2S. The van der Waals surface area contributed by atoms with E-state index >= 15 is 0 Å². The van der Waals surface area contributed by atoms with Gasteiger partial charge in [-0.15, -0.1) is 0 Å². The fraction of sp³-hybridized carbons (Fsp3) is 0.0833. The molecule has 0 atom stereocenters. The molecule has 0 bridgehead atoms. The molecule has 0 amide bonds. The number of hydrogen-bond donors (Lipinski definition) is 1. The van der Waals surface area contributed by atoms with Crippen molar-refractivity contribution >= 4 is 44.1 Å². The lowest BCUT2D eigenvalue weighted by Crippen LogP contribution is -2.08. The van der Waals surface area contributed by atoms with Crippen LogP contribution in [0.15, 0.2) is 81.9 Å². The maximum Gasteiger partial charge on any atom is 0.212 e. The van der Waals surface area contributed by atoms with Crippen LogP contribution in [0.4, 0.5) is 5.82 Å². The first-order valence-electron chi connectivity index (χ1n) is 10.2. The van der Waals surface area contributed by atoms with Gasteiger partial charge in [0.05, 0.1) is 22.1 Å². The van der Waals surface area contributed by atoms with Gasteiger partial charge in [0, 0.05) is 18.0 Å². The van der Waals surface area contributed by atoms with Crippen molar-refractivity contribution in [3.05, 3.63) is 83.7 Å². The Morgan fingerprint density at radius 3 is 2.48 bits per heavy atom. The molecule has 0 aliphatic carbocycles. The highest BCUT2D eigenvalue weighted by atomic mass is 32.2. The summed E-state index contributed by atoms with van der Waals surface area (Å²) >= 11 is 0. The maximum absolute atomic E-state index is 13.8. The van der Waals surface area contributed by atoms with E-state index in [1.165, 1.54) is 4.68 Å². The Kier molecular flexibility index (Phi) is 4.90. The largest absolute Gasteiger partial charge is 0.382 e. The van der Waals surface area contributed by atoms with Crippen molar-refractivity contribution in [1.29, 1.82) is 0 Å². The van der Waals surface area contributed by atoms with E-state index in [1.807, 2.05) is 31.2 Å². The number of benzene rings is 2. The number of fused-ring (bicyclic) bond motifs is 2. The minimum atomic E-state index is -4.01. The van der Waals surface area contributed by atoms with Gasteiger partial charge >= 0.3 is 0 Å². The highest BCUT2D eigenvalue weighted by Crippen LogP contribution is 2.36. The second-order valence-electron chi connectivity index (χ2n) is 7.71. The van der Waals surface area contributed by atoms with Gasteiger partial charge < -0.3 is 5.73 Å². The van der Waals surface area contributed by atoms with Gasteiger partial charge in [0.15, 0.2) is 5.65 Å². The SMILES string of the molecule is Cc1ccc(C)c(S(=O)(=O)c2c(N)n(/N=C\c3cccnc3)c3nc4ccccc4nc23)c1. The molecule has 5 aromatic rings. The maximum atomic E-state index is 13.8. The topological polar surface area (TPSA) is 116 Å². The van der Waals surface area contributed by atoms with E-state index < -0.39 is 9.84 Å². The van der Waals surface area contributed by atoms with Crippen molar-refractivity contribution < 1.29 is 8.42 Å². The Morgan fingerprint density at radius 2 is 1.76 bits per heavy atom. The van der Waals surface area contributed by atoms with Gasteiger partial charge in [0.2, 0.25) is 9.84 Å². The van der Waals surface area contributed by atoms with Gasteiger partial charge in [-0.3, -0.25) is 4.98 Å². The van der Waals surface area contributed by atoms with E-state index in [1.54, 1.807) is 55.9 Å². The standard InChI is InChI=1S/C24H20N6O2S/c1-15-9-10-16(2)20(12-15)33(31,32)22-21-24(29-19-8-4-3-7-18(19)28-21)30(23(22)25)27-14-17-6-5-11-26-13-17/h3-14H,25H2,1-2H3/b27-14-. The molecule has 0 unspecified atom stereocenters. The number of nitrogen functional groups attached to an aromatic ring is 1. The summed E-state index contributed by atoms with van der Waals surface area (Å²) in [5.74, 6) is -0.0543. The second kappa shape index (κ2) is 7.79. The van der Waals surface area contributed by atoms with Gasteiger partial charge in [-0.25, -0.2) is 18.4 Å². The molecule has 5 rings (SSSR count). The first-order valence-corrected chi connectivity index (χ1v) is 11.7. The van der Waals surface area contributed by atoms with E-state index in [2.05, 4.69) is 20.1 Å². The van der Waals surface area contributed by atoms with E-state index in [4.69, 9.17) is 5.73 Å². The predicted molar refractivity (Wildman–Crippen MR) is 128 cm³/mol. The molecular weight excluding hydrogens is 436 g/mol. The first-order chi connectivity index (χ1) is 15.9. The van der Waals surface area contributed by atoms with Crippen LogP contribution in [0.3, 0.4) is 0 Å². The normalized spacial score (nSPS) is 12.2. The second-order valence-corrected chi connectivity index (χ2v) is 9.57. The van der Waals surface area contributed by atoms with E-state index in [9.17, 15) is 8.42 Å². The number of pyridine rings is 1. The molecule has 0 saturated heterocycles. The Morgan fingerprint density at radius 1 is 1.00 bits per heavy atom. The number of sulfone groups is 1. The van der Waals surface area contributed by atoms with Gasteiger partial charge in [-0.2, -0.15) is 9.78 Å². The van der Waals surface area contributed by atoms with Crippen molar-refractivity contribution in [3.8, 4) is 0 Å². The van der Waals surface area contributed by atoms with Crippen LogP contribution in [0.25, 0.3) is 22.2 Å². The predicted octanol–water partition coefficient (Wildman–Crippen LogP) is 3.89. The molecule has 0 fully saturated rings. The number of nitrogens with two attached hydrogens (primary N) is 1. The highest BCUT2D eigenvalue weighted by Gasteiger charge is 2.31.